The number of carbonyl (C=O) groups excluding carboxylic acids is 1. The first-order valence-corrected chi connectivity index (χ1v) is 11.1. The highest BCUT2D eigenvalue weighted by Gasteiger charge is 2.54. The fourth-order valence-corrected chi connectivity index (χ4v) is 5.27. The number of ether oxygens (including phenoxy) is 4. The number of nitrogens with one attached hydrogen (secondary N) is 1. The molecule has 4 rings (SSSR count). The number of hydrogen-bond acceptors (Lipinski definition) is 5. The fraction of sp³-hybridized carbons (Fsp3) is 0.625. The highest BCUT2D eigenvalue weighted by Crippen LogP contribution is 2.56. The molecule has 2 heterocycles. The van der Waals surface area contributed by atoms with E-state index in [1.807, 2.05) is 12.1 Å². The van der Waals surface area contributed by atoms with Crippen LogP contribution in [0.1, 0.15) is 52.2 Å². The van der Waals surface area contributed by atoms with Gasteiger partial charge in [-0.3, -0.25) is 0 Å². The second kappa shape index (κ2) is 8.50. The van der Waals surface area contributed by atoms with Crippen LogP contribution in [-0.4, -0.2) is 32.6 Å². The predicted octanol–water partition coefficient (Wildman–Crippen LogP) is 4.85. The molecule has 30 heavy (non-hydrogen) atoms. The predicted molar refractivity (Wildman–Crippen MR) is 114 cm³/mol. The van der Waals surface area contributed by atoms with E-state index in [0.717, 1.165) is 29.9 Å². The lowest BCUT2D eigenvalue weighted by molar-refractivity contribution is -0.165. The van der Waals surface area contributed by atoms with E-state index in [4.69, 9.17) is 18.9 Å². The van der Waals surface area contributed by atoms with Crippen LogP contribution in [0.4, 0.5) is 4.79 Å². The Morgan fingerprint density at radius 2 is 2.07 bits per heavy atom. The van der Waals surface area contributed by atoms with Crippen LogP contribution in [0, 0.1) is 23.2 Å². The van der Waals surface area contributed by atoms with Crippen molar-refractivity contribution in [1.29, 1.82) is 0 Å². The Morgan fingerprint density at radius 3 is 2.87 bits per heavy atom. The summed E-state index contributed by atoms with van der Waals surface area (Å²) in [7, 11) is 0. The zero-order chi connectivity index (χ0) is 21.3. The smallest absolute Gasteiger partial charge is 0.407 e. The van der Waals surface area contributed by atoms with E-state index in [9.17, 15) is 4.79 Å². The van der Waals surface area contributed by atoms with Gasteiger partial charge < -0.3 is 24.3 Å². The zero-order valence-corrected chi connectivity index (χ0v) is 18.4. The minimum absolute atomic E-state index is 0.0512. The van der Waals surface area contributed by atoms with Crippen LogP contribution in [-0.2, 0) is 9.47 Å². The molecule has 1 aromatic carbocycles. The first-order chi connectivity index (χ1) is 14.5. The van der Waals surface area contributed by atoms with Crippen LogP contribution in [0.2, 0.25) is 0 Å². The van der Waals surface area contributed by atoms with Crippen molar-refractivity contribution in [2.45, 2.75) is 46.6 Å². The van der Waals surface area contributed by atoms with Crippen LogP contribution in [0.15, 0.2) is 29.8 Å². The third-order valence-electron chi connectivity index (χ3n) is 7.25. The van der Waals surface area contributed by atoms with Crippen molar-refractivity contribution in [3.8, 4) is 11.5 Å². The summed E-state index contributed by atoms with van der Waals surface area (Å²) >= 11 is 0. The van der Waals surface area contributed by atoms with E-state index < -0.39 is 0 Å². The summed E-state index contributed by atoms with van der Waals surface area (Å²) in [4.78, 5) is 12.2. The molecular formula is C24H33NO5. The van der Waals surface area contributed by atoms with Crippen LogP contribution in [0.5, 0.6) is 11.5 Å². The van der Waals surface area contributed by atoms with Crippen molar-refractivity contribution in [2.75, 3.05) is 26.6 Å². The summed E-state index contributed by atoms with van der Waals surface area (Å²) in [5, 5.41) is 2.85. The molecule has 164 valence electrons. The Morgan fingerprint density at radius 1 is 1.27 bits per heavy atom. The van der Waals surface area contributed by atoms with E-state index >= 15 is 0 Å². The SMILES string of the molecule is CCCCNC(=O)OC[C@]12CO[C@H](c3ccc4c(c3)OCO4)[C@@H](C(C)=C[C@H]1C)[C@H]2C. The fourth-order valence-electron chi connectivity index (χ4n) is 5.27. The van der Waals surface area contributed by atoms with Crippen molar-refractivity contribution in [3.63, 3.8) is 0 Å². The van der Waals surface area contributed by atoms with E-state index in [1.54, 1.807) is 0 Å². The molecule has 0 saturated carbocycles. The third-order valence-corrected chi connectivity index (χ3v) is 7.25. The van der Waals surface area contributed by atoms with E-state index in [-0.39, 0.29) is 36.2 Å². The lowest BCUT2D eigenvalue weighted by Gasteiger charge is -2.55. The Labute approximate surface area is 178 Å². The maximum absolute atomic E-state index is 12.2. The molecule has 1 fully saturated rings. The van der Waals surface area contributed by atoms with Crippen LogP contribution >= 0.6 is 0 Å². The van der Waals surface area contributed by atoms with Gasteiger partial charge in [-0.1, -0.05) is 44.9 Å². The lowest BCUT2D eigenvalue weighted by Crippen LogP contribution is -2.54. The number of carbonyl (C=O) groups is 1. The van der Waals surface area contributed by atoms with E-state index in [1.165, 1.54) is 5.57 Å². The minimum Gasteiger partial charge on any atom is -0.454 e. The molecule has 0 radical (unpaired) electrons. The lowest BCUT2D eigenvalue weighted by atomic mass is 9.56. The van der Waals surface area contributed by atoms with Gasteiger partial charge in [-0.15, -0.1) is 0 Å². The van der Waals surface area contributed by atoms with Gasteiger partial charge in [0.1, 0.15) is 6.61 Å². The number of hydrogen-bond donors (Lipinski definition) is 1. The Bertz CT molecular complexity index is 822. The van der Waals surface area contributed by atoms with Gasteiger partial charge in [0.25, 0.3) is 0 Å². The van der Waals surface area contributed by atoms with Crippen molar-refractivity contribution in [1.82, 2.24) is 5.32 Å². The first kappa shape index (κ1) is 21.0. The summed E-state index contributed by atoms with van der Waals surface area (Å²) in [6.45, 7) is 10.6. The van der Waals surface area contributed by atoms with E-state index in [0.29, 0.717) is 25.7 Å². The van der Waals surface area contributed by atoms with Crippen LogP contribution in [0.3, 0.4) is 0 Å². The molecule has 1 aromatic rings. The molecule has 3 aliphatic rings. The highest BCUT2D eigenvalue weighted by atomic mass is 16.7. The van der Waals surface area contributed by atoms with Gasteiger partial charge in [-0.2, -0.15) is 0 Å². The summed E-state index contributed by atoms with van der Waals surface area (Å²) in [5.41, 5.74) is 2.21. The molecule has 1 amide bonds. The van der Waals surface area contributed by atoms with Gasteiger partial charge in [-0.05, 0) is 42.9 Å². The zero-order valence-electron chi connectivity index (χ0n) is 18.4. The molecule has 2 bridgehead atoms. The molecule has 6 nitrogen and oxygen atoms in total. The average molecular weight is 416 g/mol. The molecular weight excluding hydrogens is 382 g/mol. The number of rotatable bonds is 6. The van der Waals surface area contributed by atoms with Gasteiger partial charge in [0.15, 0.2) is 11.5 Å². The Kier molecular flexibility index (Phi) is 5.96. The quantitative estimate of drug-likeness (QED) is 0.532. The number of amides is 1. The summed E-state index contributed by atoms with van der Waals surface area (Å²) in [6, 6.07) is 6.07. The monoisotopic (exact) mass is 415 g/mol. The Hall–Kier alpha value is -2.21. The standard InChI is InChI=1S/C24H33NO5/c1-5-6-9-25-23(26)28-13-24-12-27-22(21(17(24)4)15(2)10-16(24)3)18-7-8-19-20(11-18)30-14-29-19/h7-8,10-11,16-17,21-22H,5-6,9,12-14H2,1-4H3,(H,25,26)/t16-,17-,21+,22-,24-/m1/s1. The number of fused-ring (bicyclic) bond motifs is 3. The van der Waals surface area contributed by atoms with Gasteiger partial charge >= 0.3 is 6.09 Å². The normalized spacial score (nSPS) is 31.8. The van der Waals surface area contributed by atoms with Crippen LogP contribution in [0.25, 0.3) is 0 Å². The van der Waals surface area contributed by atoms with Crippen molar-refractivity contribution in [3.05, 3.63) is 35.4 Å². The summed E-state index contributed by atoms with van der Waals surface area (Å²) in [6.07, 6.45) is 3.95. The average Bonchev–Trinajstić information content (AvgIpc) is 3.19. The van der Waals surface area contributed by atoms with Crippen molar-refractivity contribution in [2.24, 2.45) is 23.2 Å². The highest BCUT2D eigenvalue weighted by molar-refractivity contribution is 5.67. The molecule has 0 aromatic heterocycles. The van der Waals surface area contributed by atoms with Gasteiger partial charge in [0.2, 0.25) is 6.79 Å². The van der Waals surface area contributed by atoms with Crippen LogP contribution < -0.4 is 14.8 Å². The second-order valence-electron chi connectivity index (χ2n) is 8.95. The number of allylic oxidation sites excluding steroid dienone is 1. The first-order valence-electron chi connectivity index (χ1n) is 11.1. The van der Waals surface area contributed by atoms with Gasteiger partial charge in [0.05, 0.1) is 12.7 Å². The van der Waals surface area contributed by atoms with Gasteiger partial charge in [-0.25, -0.2) is 4.79 Å². The summed E-state index contributed by atoms with van der Waals surface area (Å²) < 4.78 is 23.2. The van der Waals surface area contributed by atoms with Gasteiger partial charge in [0, 0.05) is 17.9 Å². The summed E-state index contributed by atoms with van der Waals surface area (Å²) in [5.74, 6) is 2.36. The molecule has 1 N–H and O–H groups in total. The molecule has 6 heteroatoms. The molecule has 0 spiro atoms. The third kappa shape index (κ3) is 3.66. The Balaban J connectivity index is 1.52. The van der Waals surface area contributed by atoms with Crippen molar-refractivity contribution >= 4 is 6.09 Å². The number of unbranched alkanes of at least 4 members (excludes halogenated alkanes) is 1. The minimum atomic E-state index is -0.335. The number of benzene rings is 1. The molecule has 1 saturated heterocycles. The molecule has 2 aliphatic heterocycles. The maximum atomic E-state index is 12.2. The largest absolute Gasteiger partial charge is 0.454 e. The second-order valence-corrected chi connectivity index (χ2v) is 8.95. The number of alkyl carbamates (subject to hydrolysis) is 1. The maximum Gasteiger partial charge on any atom is 0.407 e. The van der Waals surface area contributed by atoms with Crippen molar-refractivity contribution < 1.29 is 23.7 Å². The van der Waals surface area contributed by atoms with E-state index in [2.05, 4.69) is 45.2 Å². The molecule has 5 atom stereocenters. The molecule has 1 aliphatic carbocycles. The topological polar surface area (TPSA) is 66.0 Å². The molecule has 0 unspecified atom stereocenters.